The second kappa shape index (κ2) is 9.56. The molecule has 0 unspecified atom stereocenters. The highest BCUT2D eigenvalue weighted by Crippen LogP contribution is 2.07. The van der Waals surface area contributed by atoms with E-state index in [0.29, 0.717) is 31.1 Å². The standard InChI is InChI=1S/C20H24FN3O2/c1-14(2)11-23-20(26)24-13-16-5-3-4-15(10-16)12-22-19(25)17-6-8-18(21)9-7-17/h3-10,14H,11-13H2,1-2H3,(H,22,25)(H2,23,24,26). The number of hydrogen-bond acceptors (Lipinski definition) is 2. The van der Waals surface area contributed by atoms with E-state index < -0.39 is 0 Å². The lowest BCUT2D eigenvalue weighted by molar-refractivity contribution is 0.0951. The van der Waals surface area contributed by atoms with Gasteiger partial charge in [0.2, 0.25) is 0 Å². The molecule has 0 atom stereocenters. The fourth-order valence-corrected chi connectivity index (χ4v) is 2.28. The van der Waals surface area contributed by atoms with Gasteiger partial charge in [-0.05, 0) is 41.3 Å². The third kappa shape index (κ3) is 6.55. The largest absolute Gasteiger partial charge is 0.348 e. The van der Waals surface area contributed by atoms with Gasteiger partial charge in [0.15, 0.2) is 0 Å². The summed E-state index contributed by atoms with van der Waals surface area (Å²) in [4.78, 5) is 23.8. The lowest BCUT2D eigenvalue weighted by atomic mass is 10.1. The molecule has 0 aliphatic rings. The van der Waals surface area contributed by atoms with Crippen molar-refractivity contribution >= 4 is 11.9 Å². The zero-order valence-corrected chi connectivity index (χ0v) is 15.0. The molecule has 0 aliphatic carbocycles. The van der Waals surface area contributed by atoms with Gasteiger partial charge in [-0.1, -0.05) is 38.1 Å². The molecular formula is C20H24FN3O2. The molecule has 0 saturated carbocycles. The number of amides is 3. The predicted octanol–water partition coefficient (Wildman–Crippen LogP) is 3.21. The minimum Gasteiger partial charge on any atom is -0.348 e. The summed E-state index contributed by atoms with van der Waals surface area (Å²) in [6.45, 7) is 5.45. The fourth-order valence-electron chi connectivity index (χ4n) is 2.28. The average molecular weight is 357 g/mol. The Kier molecular flexibility index (Phi) is 7.14. The Hall–Kier alpha value is -2.89. The molecule has 5 nitrogen and oxygen atoms in total. The Morgan fingerprint density at radius 3 is 2.15 bits per heavy atom. The summed E-state index contributed by atoms with van der Waals surface area (Å²) in [5, 5.41) is 8.40. The van der Waals surface area contributed by atoms with Crippen molar-refractivity contribution in [1.29, 1.82) is 0 Å². The number of carbonyl (C=O) groups excluding carboxylic acids is 2. The molecule has 3 N–H and O–H groups in total. The molecule has 0 saturated heterocycles. The Morgan fingerprint density at radius 2 is 1.54 bits per heavy atom. The predicted molar refractivity (Wildman–Crippen MR) is 99.1 cm³/mol. The van der Waals surface area contributed by atoms with Gasteiger partial charge in [0.05, 0.1) is 0 Å². The number of hydrogen-bond donors (Lipinski definition) is 3. The highest BCUT2D eigenvalue weighted by atomic mass is 19.1. The van der Waals surface area contributed by atoms with Crippen LogP contribution in [0.25, 0.3) is 0 Å². The van der Waals surface area contributed by atoms with Crippen LogP contribution in [0.1, 0.15) is 35.3 Å². The third-order valence-electron chi connectivity index (χ3n) is 3.67. The minimum absolute atomic E-state index is 0.200. The molecule has 2 rings (SSSR count). The van der Waals surface area contributed by atoms with E-state index in [0.717, 1.165) is 11.1 Å². The SMILES string of the molecule is CC(C)CNC(=O)NCc1cccc(CNC(=O)c2ccc(F)cc2)c1. The molecule has 0 bridgehead atoms. The van der Waals surface area contributed by atoms with Crippen LogP contribution in [0.5, 0.6) is 0 Å². The number of halogens is 1. The van der Waals surface area contributed by atoms with Gasteiger partial charge in [-0.3, -0.25) is 4.79 Å². The van der Waals surface area contributed by atoms with Gasteiger partial charge in [-0.2, -0.15) is 0 Å². The minimum atomic E-state index is -0.376. The summed E-state index contributed by atoms with van der Waals surface area (Å²) in [6.07, 6.45) is 0. The van der Waals surface area contributed by atoms with Crippen LogP contribution in [-0.2, 0) is 13.1 Å². The van der Waals surface area contributed by atoms with Crippen molar-refractivity contribution in [3.8, 4) is 0 Å². The van der Waals surface area contributed by atoms with Gasteiger partial charge in [-0.25, -0.2) is 9.18 Å². The first-order valence-electron chi connectivity index (χ1n) is 8.57. The van der Waals surface area contributed by atoms with Crippen LogP contribution in [0.2, 0.25) is 0 Å². The summed E-state index contributed by atoms with van der Waals surface area (Å²) in [5.41, 5.74) is 2.27. The van der Waals surface area contributed by atoms with Crippen LogP contribution >= 0.6 is 0 Å². The van der Waals surface area contributed by atoms with Crippen molar-refractivity contribution < 1.29 is 14.0 Å². The van der Waals surface area contributed by atoms with Crippen LogP contribution < -0.4 is 16.0 Å². The van der Waals surface area contributed by atoms with Gasteiger partial charge in [0.1, 0.15) is 5.82 Å². The van der Waals surface area contributed by atoms with E-state index in [1.165, 1.54) is 24.3 Å². The molecule has 2 aromatic rings. The lowest BCUT2D eigenvalue weighted by Gasteiger charge is -2.10. The van der Waals surface area contributed by atoms with Crippen LogP contribution in [0.4, 0.5) is 9.18 Å². The number of urea groups is 1. The molecule has 0 aliphatic heterocycles. The highest BCUT2D eigenvalue weighted by Gasteiger charge is 2.06. The van der Waals surface area contributed by atoms with Crippen LogP contribution in [0.15, 0.2) is 48.5 Å². The molecular weight excluding hydrogens is 333 g/mol. The molecule has 6 heteroatoms. The average Bonchev–Trinajstić information content (AvgIpc) is 2.63. The van der Waals surface area contributed by atoms with Crippen LogP contribution in [-0.4, -0.2) is 18.5 Å². The van der Waals surface area contributed by atoms with Gasteiger partial charge in [0.25, 0.3) is 5.91 Å². The van der Waals surface area contributed by atoms with E-state index in [1.807, 2.05) is 38.1 Å². The molecule has 2 aromatic carbocycles. The van der Waals surface area contributed by atoms with E-state index >= 15 is 0 Å². The lowest BCUT2D eigenvalue weighted by Crippen LogP contribution is -2.37. The van der Waals surface area contributed by atoms with E-state index in [-0.39, 0.29) is 17.8 Å². The normalized spacial score (nSPS) is 10.5. The quantitative estimate of drug-likeness (QED) is 0.712. The number of nitrogens with one attached hydrogen (secondary N) is 3. The number of rotatable bonds is 7. The van der Waals surface area contributed by atoms with Crippen molar-refractivity contribution in [2.24, 2.45) is 5.92 Å². The van der Waals surface area contributed by atoms with Gasteiger partial charge < -0.3 is 16.0 Å². The summed E-state index contributed by atoms with van der Waals surface area (Å²) in [5.74, 6) is -0.241. The van der Waals surface area contributed by atoms with Crippen molar-refractivity contribution in [3.05, 3.63) is 71.0 Å². The van der Waals surface area contributed by atoms with Crippen LogP contribution in [0.3, 0.4) is 0 Å². The molecule has 138 valence electrons. The van der Waals surface area contributed by atoms with E-state index in [2.05, 4.69) is 16.0 Å². The van der Waals surface area contributed by atoms with Crippen molar-refractivity contribution in [2.45, 2.75) is 26.9 Å². The Labute approximate surface area is 153 Å². The van der Waals surface area contributed by atoms with Gasteiger partial charge in [0, 0.05) is 25.2 Å². The maximum atomic E-state index is 12.9. The Bertz CT molecular complexity index is 745. The maximum absolute atomic E-state index is 12.9. The van der Waals surface area contributed by atoms with Crippen LogP contribution in [0, 0.1) is 11.7 Å². The van der Waals surface area contributed by atoms with Crippen molar-refractivity contribution in [3.63, 3.8) is 0 Å². The topological polar surface area (TPSA) is 70.2 Å². The summed E-state index contributed by atoms with van der Waals surface area (Å²) in [6, 6.07) is 12.8. The number of benzene rings is 2. The zero-order chi connectivity index (χ0) is 18.9. The monoisotopic (exact) mass is 357 g/mol. The maximum Gasteiger partial charge on any atom is 0.315 e. The van der Waals surface area contributed by atoms with Crippen molar-refractivity contribution in [2.75, 3.05) is 6.54 Å². The first-order valence-corrected chi connectivity index (χ1v) is 8.57. The third-order valence-corrected chi connectivity index (χ3v) is 3.67. The molecule has 0 heterocycles. The van der Waals surface area contributed by atoms with Gasteiger partial charge >= 0.3 is 6.03 Å². The summed E-state index contributed by atoms with van der Waals surface area (Å²) in [7, 11) is 0. The fraction of sp³-hybridized carbons (Fsp3) is 0.300. The zero-order valence-electron chi connectivity index (χ0n) is 15.0. The molecule has 3 amide bonds. The molecule has 0 spiro atoms. The van der Waals surface area contributed by atoms with Gasteiger partial charge in [-0.15, -0.1) is 0 Å². The molecule has 0 radical (unpaired) electrons. The highest BCUT2D eigenvalue weighted by molar-refractivity contribution is 5.94. The second-order valence-corrected chi connectivity index (χ2v) is 6.47. The van der Waals surface area contributed by atoms with E-state index in [1.54, 1.807) is 0 Å². The first kappa shape index (κ1) is 19.4. The molecule has 0 aromatic heterocycles. The number of carbonyl (C=O) groups is 2. The summed E-state index contributed by atoms with van der Waals surface area (Å²) >= 11 is 0. The summed E-state index contributed by atoms with van der Waals surface area (Å²) < 4.78 is 12.9. The Morgan fingerprint density at radius 1 is 0.923 bits per heavy atom. The van der Waals surface area contributed by atoms with E-state index in [9.17, 15) is 14.0 Å². The molecule has 26 heavy (non-hydrogen) atoms. The van der Waals surface area contributed by atoms with Crippen molar-refractivity contribution in [1.82, 2.24) is 16.0 Å². The molecule has 0 fully saturated rings. The first-order chi connectivity index (χ1) is 12.4. The second-order valence-electron chi connectivity index (χ2n) is 6.47. The van der Waals surface area contributed by atoms with E-state index in [4.69, 9.17) is 0 Å². The smallest absolute Gasteiger partial charge is 0.315 e. The Balaban J connectivity index is 1.83.